The van der Waals surface area contributed by atoms with Gasteiger partial charge in [0.05, 0.1) is 6.61 Å². The number of halogens is 1. The lowest BCUT2D eigenvalue weighted by Crippen LogP contribution is -2.19. The number of rotatable bonds is 6. The molecular formula is C23H20FN3O2. The van der Waals surface area contributed by atoms with Crippen molar-refractivity contribution in [3.8, 4) is 11.3 Å². The minimum atomic E-state index is -0.400. The summed E-state index contributed by atoms with van der Waals surface area (Å²) < 4.78 is 21.7. The second-order valence-corrected chi connectivity index (χ2v) is 6.75. The highest BCUT2D eigenvalue weighted by molar-refractivity contribution is 5.95. The molecule has 2 aromatic carbocycles. The Balaban J connectivity index is 1.60. The maximum atomic E-state index is 14.4. The smallest absolute Gasteiger partial charge is 0.251 e. The molecule has 0 radical (unpaired) electrons. The first-order valence-corrected chi connectivity index (χ1v) is 9.27. The molecule has 0 saturated heterocycles. The van der Waals surface area contributed by atoms with E-state index in [2.05, 4.69) is 10.3 Å². The van der Waals surface area contributed by atoms with E-state index in [9.17, 15) is 9.18 Å². The van der Waals surface area contributed by atoms with Crippen LogP contribution >= 0.6 is 0 Å². The van der Waals surface area contributed by atoms with Gasteiger partial charge in [-0.15, -0.1) is 0 Å². The second kappa shape index (κ2) is 8.24. The molecule has 0 bridgehead atoms. The van der Waals surface area contributed by atoms with E-state index in [-0.39, 0.29) is 12.5 Å². The number of fused-ring (bicyclic) bond motifs is 1. The van der Waals surface area contributed by atoms with Crippen LogP contribution in [0.15, 0.2) is 72.9 Å². The average Bonchev–Trinajstić information content (AvgIpc) is 3.06. The lowest BCUT2D eigenvalue weighted by Gasteiger charge is -2.09. The van der Waals surface area contributed by atoms with Crippen molar-refractivity contribution in [2.75, 3.05) is 11.9 Å². The summed E-state index contributed by atoms with van der Waals surface area (Å²) in [6, 6.07) is 19.8. The zero-order chi connectivity index (χ0) is 20.2. The molecule has 4 rings (SSSR count). The fraction of sp³-hybridized carbons (Fsp3) is 0.130. The lowest BCUT2D eigenvalue weighted by molar-refractivity contribution is -0.121. The minimum Gasteiger partial charge on any atom is -0.367 e. The highest BCUT2D eigenvalue weighted by Crippen LogP contribution is 2.30. The van der Waals surface area contributed by atoms with Gasteiger partial charge in [-0.1, -0.05) is 48.5 Å². The van der Waals surface area contributed by atoms with Crippen LogP contribution in [0.25, 0.3) is 16.9 Å². The summed E-state index contributed by atoms with van der Waals surface area (Å²) in [5, 5.41) is 2.84. The van der Waals surface area contributed by atoms with Crippen LogP contribution in [0, 0.1) is 12.7 Å². The van der Waals surface area contributed by atoms with E-state index in [0.717, 1.165) is 11.1 Å². The molecule has 0 aliphatic carbocycles. The van der Waals surface area contributed by atoms with Gasteiger partial charge in [0.15, 0.2) is 0 Å². The van der Waals surface area contributed by atoms with E-state index in [1.54, 1.807) is 22.6 Å². The Kier molecular flexibility index (Phi) is 5.35. The summed E-state index contributed by atoms with van der Waals surface area (Å²) in [6.07, 6.45) is 1.85. The van der Waals surface area contributed by atoms with Gasteiger partial charge in [-0.25, -0.2) is 9.37 Å². The number of pyridine rings is 1. The summed E-state index contributed by atoms with van der Waals surface area (Å²) in [6.45, 7) is 2.15. The summed E-state index contributed by atoms with van der Waals surface area (Å²) in [4.78, 5) is 17.1. The van der Waals surface area contributed by atoms with Gasteiger partial charge in [0.2, 0.25) is 0 Å². The number of nitrogens with one attached hydrogen (secondary N) is 1. The van der Waals surface area contributed by atoms with E-state index in [1.165, 1.54) is 6.07 Å². The van der Waals surface area contributed by atoms with Crippen LogP contribution in [0.2, 0.25) is 0 Å². The Hall–Kier alpha value is -3.51. The van der Waals surface area contributed by atoms with Gasteiger partial charge in [0, 0.05) is 11.8 Å². The van der Waals surface area contributed by atoms with E-state index in [4.69, 9.17) is 4.74 Å². The van der Waals surface area contributed by atoms with Crippen LogP contribution in [0.1, 0.15) is 11.1 Å². The summed E-state index contributed by atoms with van der Waals surface area (Å²) >= 11 is 0. The van der Waals surface area contributed by atoms with Crippen molar-refractivity contribution in [1.29, 1.82) is 0 Å². The van der Waals surface area contributed by atoms with Crippen molar-refractivity contribution >= 4 is 17.4 Å². The number of aryl methyl sites for hydroxylation is 1. The Morgan fingerprint density at radius 2 is 1.83 bits per heavy atom. The van der Waals surface area contributed by atoms with Crippen molar-refractivity contribution in [3.05, 3.63) is 89.9 Å². The maximum absolute atomic E-state index is 14.4. The van der Waals surface area contributed by atoms with Crippen LogP contribution in [-0.2, 0) is 16.1 Å². The number of nitrogens with zero attached hydrogens (tertiary/aromatic N) is 2. The molecule has 1 N–H and O–H groups in total. The third-order valence-electron chi connectivity index (χ3n) is 4.50. The SMILES string of the molecule is Cc1ccc2nc(-c3ccccc3F)c(NC(=O)COCc3ccccc3)n2c1. The monoisotopic (exact) mass is 389 g/mol. The Morgan fingerprint density at radius 1 is 1.07 bits per heavy atom. The second-order valence-electron chi connectivity index (χ2n) is 6.75. The fourth-order valence-corrected chi connectivity index (χ4v) is 3.12. The van der Waals surface area contributed by atoms with Crippen molar-refractivity contribution < 1.29 is 13.9 Å². The first kappa shape index (κ1) is 18.8. The van der Waals surface area contributed by atoms with Gasteiger partial charge in [0.25, 0.3) is 5.91 Å². The molecular weight excluding hydrogens is 369 g/mol. The third kappa shape index (κ3) is 4.17. The molecule has 0 spiro atoms. The minimum absolute atomic E-state index is 0.120. The first-order chi connectivity index (χ1) is 14.1. The van der Waals surface area contributed by atoms with Gasteiger partial charge >= 0.3 is 0 Å². The molecule has 2 aromatic heterocycles. The zero-order valence-corrected chi connectivity index (χ0v) is 15.9. The van der Waals surface area contributed by atoms with E-state index < -0.39 is 5.82 Å². The van der Waals surface area contributed by atoms with Crippen LogP contribution in [0.3, 0.4) is 0 Å². The van der Waals surface area contributed by atoms with Crippen LogP contribution in [-0.4, -0.2) is 21.9 Å². The third-order valence-corrected chi connectivity index (χ3v) is 4.50. The number of aromatic nitrogens is 2. The number of amides is 1. The van der Waals surface area contributed by atoms with Gasteiger partial charge in [-0.05, 0) is 36.2 Å². The number of carbonyl (C=O) groups is 1. The molecule has 2 heterocycles. The van der Waals surface area contributed by atoms with Crippen molar-refractivity contribution in [1.82, 2.24) is 9.38 Å². The molecule has 5 nitrogen and oxygen atoms in total. The highest BCUT2D eigenvalue weighted by atomic mass is 19.1. The van der Waals surface area contributed by atoms with Crippen molar-refractivity contribution in [2.24, 2.45) is 0 Å². The van der Waals surface area contributed by atoms with E-state index >= 15 is 0 Å². The van der Waals surface area contributed by atoms with Gasteiger partial charge in [0.1, 0.15) is 29.6 Å². The Bertz CT molecular complexity index is 1160. The quantitative estimate of drug-likeness (QED) is 0.524. The number of carbonyl (C=O) groups excluding carboxylic acids is 1. The number of ether oxygens (including phenoxy) is 1. The molecule has 0 unspecified atom stereocenters. The van der Waals surface area contributed by atoms with E-state index in [0.29, 0.717) is 29.3 Å². The molecule has 0 saturated carbocycles. The largest absolute Gasteiger partial charge is 0.367 e. The molecule has 0 aliphatic heterocycles. The van der Waals surface area contributed by atoms with Crippen molar-refractivity contribution in [2.45, 2.75) is 13.5 Å². The average molecular weight is 389 g/mol. The number of benzene rings is 2. The molecule has 6 heteroatoms. The molecule has 29 heavy (non-hydrogen) atoms. The lowest BCUT2D eigenvalue weighted by atomic mass is 10.1. The predicted molar refractivity (Wildman–Crippen MR) is 110 cm³/mol. The topological polar surface area (TPSA) is 55.6 Å². The molecule has 0 fully saturated rings. The molecule has 4 aromatic rings. The van der Waals surface area contributed by atoms with Crippen LogP contribution in [0.5, 0.6) is 0 Å². The maximum Gasteiger partial charge on any atom is 0.251 e. The number of hydrogen-bond acceptors (Lipinski definition) is 3. The molecule has 146 valence electrons. The Morgan fingerprint density at radius 3 is 2.62 bits per heavy atom. The van der Waals surface area contributed by atoms with Gasteiger partial charge < -0.3 is 10.1 Å². The normalized spacial score (nSPS) is 11.0. The fourth-order valence-electron chi connectivity index (χ4n) is 3.12. The number of imidazole rings is 1. The summed E-state index contributed by atoms with van der Waals surface area (Å²) in [5.74, 6) is -0.313. The van der Waals surface area contributed by atoms with Crippen molar-refractivity contribution in [3.63, 3.8) is 0 Å². The molecule has 0 atom stereocenters. The number of anilines is 1. The highest BCUT2D eigenvalue weighted by Gasteiger charge is 2.19. The standard InChI is InChI=1S/C23H20FN3O2/c1-16-11-12-20-25-22(18-9-5-6-10-19(18)24)23(27(20)13-16)26-21(28)15-29-14-17-7-3-2-4-8-17/h2-13H,14-15H2,1H3,(H,26,28). The summed E-state index contributed by atoms with van der Waals surface area (Å²) in [7, 11) is 0. The predicted octanol–water partition coefficient (Wildman–Crippen LogP) is 4.60. The van der Waals surface area contributed by atoms with Crippen LogP contribution in [0.4, 0.5) is 10.2 Å². The zero-order valence-electron chi connectivity index (χ0n) is 15.9. The first-order valence-electron chi connectivity index (χ1n) is 9.27. The molecule has 1 amide bonds. The van der Waals surface area contributed by atoms with E-state index in [1.807, 2.05) is 55.6 Å². The Labute approximate surface area is 167 Å². The van der Waals surface area contributed by atoms with Gasteiger partial charge in [-0.3, -0.25) is 9.20 Å². The van der Waals surface area contributed by atoms with Crippen LogP contribution < -0.4 is 5.32 Å². The number of hydrogen-bond donors (Lipinski definition) is 1. The van der Waals surface area contributed by atoms with Gasteiger partial charge in [-0.2, -0.15) is 0 Å². The summed E-state index contributed by atoms with van der Waals surface area (Å²) in [5.41, 5.74) is 3.30. The molecule has 0 aliphatic rings.